The molecule has 0 fully saturated rings. The lowest BCUT2D eigenvalue weighted by molar-refractivity contribution is -0.167. The predicted molar refractivity (Wildman–Crippen MR) is 117 cm³/mol. The van der Waals surface area contributed by atoms with Crippen molar-refractivity contribution in [3.63, 3.8) is 0 Å². The van der Waals surface area contributed by atoms with Gasteiger partial charge in [0.1, 0.15) is 0 Å². The van der Waals surface area contributed by atoms with E-state index < -0.39 is 17.7 Å². The fourth-order valence-electron chi connectivity index (χ4n) is 3.47. The molecule has 168 valence electrons. The molecule has 0 radical (unpaired) electrons. The van der Waals surface area contributed by atoms with E-state index in [0.29, 0.717) is 17.7 Å². The molecule has 3 rings (SSSR count). The van der Waals surface area contributed by atoms with Crippen molar-refractivity contribution in [2.45, 2.75) is 18.6 Å². The molecule has 0 saturated heterocycles. The summed E-state index contributed by atoms with van der Waals surface area (Å²) in [4.78, 5) is 21.6. The van der Waals surface area contributed by atoms with Crippen LogP contribution in [-0.2, 0) is 19.9 Å². The summed E-state index contributed by atoms with van der Waals surface area (Å²) in [5.41, 5.74) is 0.0703. The van der Waals surface area contributed by atoms with Crippen LogP contribution in [0.1, 0.15) is 18.1 Å². The first-order valence-electron chi connectivity index (χ1n) is 10.1. The highest BCUT2D eigenvalue weighted by Crippen LogP contribution is 2.39. The van der Waals surface area contributed by atoms with Crippen LogP contribution in [0.15, 0.2) is 66.7 Å². The molecule has 32 heavy (non-hydrogen) atoms. The van der Waals surface area contributed by atoms with E-state index in [0.717, 1.165) is 0 Å². The third kappa shape index (κ3) is 4.65. The number of esters is 1. The number of nitrogens with zero attached hydrogens (tertiary/aromatic N) is 2. The minimum Gasteiger partial charge on any atom is -0.481 e. The maximum Gasteiger partial charge on any atom is 0.351 e. The van der Waals surface area contributed by atoms with Crippen LogP contribution in [0.2, 0.25) is 0 Å². The second kappa shape index (κ2) is 10.6. The number of carbonyl (C=O) groups excluding carboxylic acids is 1. The smallest absolute Gasteiger partial charge is 0.351 e. The van der Waals surface area contributed by atoms with Crippen molar-refractivity contribution < 1.29 is 28.5 Å². The van der Waals surface area contributed by atoms with E-state index in [4.69, 9.17) is 23.7 Å². The second-order valence-corrected chi connectivity index (χ2v) is 6.66. The van der Waals surface area contributed by atoms with E-state index in [1.165, 1.54) is 27.4 Å². The Morgan fingerprint density at radius 3 is 1.78 bits per heavy atom. The Morgan fingerprint density at radius 2 is 1.38 bits per heavy atom. The highest BCUT2D eigenvalue weighted by molar-refractivity contribution is 5.78. The maximum atomic E-state index is 13.1. The van der Waals surface area contributed by atoms with Crippen LogP contribution in [0.5, 0.6) is 17.8 Å². The molecule has 0 saturated carbocycles. The molecule has 3 aromatic rings. The molecule has 0 N–H and O–H groups in total. The van der Waals surface area contributed by atoms with Gasteiger partial charge in [-0.2, -0.15) is 9.97 Å². The van der Waals surface area contributed by atoms with Crippen LogP contribution in [0, 0.1) is 0 Å². The summed E-state index contributed by atoms with van der Waals surface area (Å²) in [6, 6.07) is 20.1. The molecule has 8 heteroatoms. The quantitative estimate of drug-likeness (QED) is 0.445. The molecular formula is C24H26N2O6. The van der Waals surface area contributed by atoms with Gasteiger partial charge in [0, 0.05) is 6.61 Å². The molecule has 1 aromatic heterocycles. The number of benzene rings is 2. The van der Waals surface area contributed by atoms with E-state index in [1.54, 1.807) is 0 Å². The first kappa shape index (κ1) is 23.0. The Labute approximate surface area is 187 Å². The molecule has 0 bridgehead atoms. The number of rotatable bonds is 10. The number of aromatic nitrogens is 2. The average Bonchev–Trinajstić information content (AvgIpc) is 2.86. The van der Waals surface area contributed by atoms with Crippen LogP contribution < -0.4 is 14.2 Å². The number of hydrogen-bond acceptors (Lipinski definition) is 8. The normalized spacial score (nSPS) is 12.0. The Balaban J connectivity index is 2.23. The van der Waals surface area contributed by atoms with E-state index in [-0.39, 0.29) is 17.8 Å². The molecule has 8 nitrogen and oxygen atoms in total. The summed E-state index contributed by atoms with van der Waals surface area (Å²) in [7, 11) is 4.21. The molecule has 0 aliphatic carbocycles. The monoisotopic (exact) mass is 438 g/mol. The third-order valence-electron chi connectivity index (χ3n) is 4.86. The van der Waals surface area contributed by atoms with Crippen molar-refractivity contribution in [2.24, 2.45) is 0 Å². The zero-order chi connectivity index (χ0) is 23.0. The maximum absolute atomic E-state index is 13.1. The molecule has 0 aliphatic heterocycles. The summed E-state index contributed by atoms with van der Waals surface area (Å²) < 4.78 is 28.0. The van der Waals surface area contributed by atoms with Gasteiger partial charge in [-0.3, -0.25) is 0 Å². The fraction of sp³-hybridized carbons (Fsp3) is 0.292. The van der Waals surface area contributed by atoms with Gasteiger partial charge < -0.3 is 23.7 Å². The van der Waals surface area contributed by atoms with Gasteiger partial charge in [0.15, 0.2) is 5.60 Å². The number of carbonyl (C=O) groups is 1. The van der Waals surface area contributed by atoms with Gasteiger partial charge in [-0.05, 0) is 18.1 Å². The highest BCUT2D eigenvalue weighted by Gasteiger charge is 2.50. The number of ether oxygens (including phenoxy) is 5. The first-order valence-corrected chi connectivity index (χ1v) is 10.1. The zero-order valence-corrected chi connectivity index (χ0v) is 18.5. The lowest BCUT2D eigenvalue weighted by atomic mass is 9.81. The molecular weight excluding hydrogens is 412 g/mol. The van der Waals surface area contributed by atoms with E-state index >= 15 is 0 Å². The van der Waals surface area contributed by atoms with Crippen molar-refractivity contribution in [2.75, 3.05) is 27.9 Å². The topological polar surface area (TPSA) is 89.0 Å². The van der Waals surface area contributed by atoms with Gasteiger partial charge in [0.25, 0.3) is 0 Å². The van der Waals surface area contributed by atoms with Crippen LogP contribution in [-0.4, -0.2) is 50.0 Å². The van der Waals surface area contributed by atoms with Crippen LogP contribution in [0.4, 0.5) is 0 Å². The minimum absolute atomic E-state index is 0.118. The van der Waals surface area contributed by atoms with Gasteiger partial charge in [-0.15, -0.1) is 0 Å². The molecule has 0 aliphatic rings. The summed E-state index contributed by atoms with van der Waals surface area (Å²) in [6.45, 7) is 2.14. The van der Waals surface area contributed by atoms with Crippen LogP contribution in [0.3, 0.4) is 0 Å². The Kier molecular flexibility index (Phi) is 7.62. The van der Waals surface area contributed by atoms with Gasteiger partial charge >= 0.3 is 12.0 Å². The van der Waals surface area contributed by atoms with Crippen molar-refractivity contribution >= 4 is 5.97 Å². The van der Waals surface area contributed by atoms with E-state index in [2.05, 4.69) is 9.97 Å². The van der Waals surface area contributed by atoms with Crippen LogP contribution in [0.25, 0.3) is 0 Å². The number of hydrogen-bond donors (Lipinski definition) is 0. The molecule has 0 amide bonds. The van der Waals surface area contributed by atoms with Crippen molar-refractivity contribution in [3.05, 3.63) is 77.9 Å². The molecule has 0 spiro atoms. The van der Waals surface area contributed by atoms with Gasteiger partial charge in [-0.25, -0.2) is 4.79 Å². The predicted octanol–water partition coefficient (Wildman–Crippen LogP) is 3.39. The summed E-state index contributed by atoms with van der Waals surface area (Å²) in [5.74, 6) is -0.217. The summed E-state index contributed by atoms with van der Waals surface area (Å²) >= 11 is 0. The molecule has 2 aromatic carbocycles. The first-order chi connectivity index (χ1) is 15.6. The third-order valence-corrected chi connectivity index (χ3v) is 4.86. The van der Waals surface area contributed by atoms with Crippen molar-refractivity contribution in [1.29, 1.82) is 0 Å². The Bertz CT molecular complexity index is 952. The molecule has 1 atom stereocenters. The lowest BCUT2D eigenvalue weighted by Gasteiger charge is -2.39. The van der Waals surface area contributed by atoms with E-state index in [9.17, 15) is 4.79 Å². The van der Waals surface area contributed by atoms with E-state index in [1.807, 2.05) is 67.6 Å². The SMILES string of the molecule is CCOC(c1ccccc1)(c1ccccc1)C(Oc1nc(OC)cc(OC)n1)C(=O)OC. The number of methoxy groups -OCH3 is 3. The minimum atomic E-state index is -1.34. The van der Waals surface area contributed by atoms with Gasteiger partial charge in [0.2, 0.25) is 17.9 Å². The summed E-state index contributed by atoms with van der Waals surface area (Å²) in [5, 5.41) is 0. The van der Waals surface area contributed by atoms with Gasteiger partial charge in [0.05, 0.1) is 27.4 Å². The second-order valence-electron chi connectivity index (χ2n) is 6.66. The largest absolute Gasteiger partial charge is 0.481 e. The zero-order valence-electron chi connectivity index (χ0n) is 18.5. The van der Waals surface area contributed by atoms with Crippen LogP contribution >= 0.6 is 0 Å². The van der Waals surface area contributed by atoms with Crippen molar-refractivity contribution in [1.82, 2.24) is 9.97 Å². The highest BCUT2D eigenvalue weighted by atomic mass is 16.6. The Morgan fingerprint density at radius 1 is 0.875 bits per heavy atom. The average molecular weight is 438 g/mol. The lowest BCUT2D eigenvalue weighted by Crippen LogP contribution is -2.51. The molecule has 1 heterocycles. The van der Waals surface area contributed by atoms with Crippen molar-refractivity contribution in [3.8, 4) is 17.8 Å². The summed E-state index contributed by atoms with van der Waals surface area (Å²) in [6.07, 6.45) is -1.28. The fourth-order valence-corrected chi connectivity index (χ4v) is 3.47. The molecule has 1 unspecified atom stereocenters. The van der Waals surface area contributed by atoms with Gasteiger partial charge in [-0.1, -0.05) is 60.7 Å². The standard InChI is InChI=1S/C24H26N2O6/c1-5-31-24(17-12-8-6-9-13-17,18-14-10-7-11-15-18)21(22(27)30-4)32-23-25-19(28-2)16-20(26-23)29-3/h6-16,21H,5H2,1-4H3. The Hall–Kier alpha value is -3.65.